The molecule has 0 amide bonds. The number of aromatic nitrogens is 2. The number of hydrogen-bond donors (Lipinski definition) is 0. The lowest BCUT2D eigenvalue weighted by atomic mass is 10.1. The quantitative estimate of drug-likeness (QED) is 0.766. The highest BCUT2D eigenvalue weighted by Crippen LogP contribution is 2.22. The third-order valence-electron chi connectivity index (χ3n) is 2.59. The number of hydrogen-bond acceptors (Lipinski definition) is 7. The molecule has 0 N–H and O–H groups in total. The lowest BCUT2D eigenvalue weighted by molar-refractivity contribution is 0.0119. The molecule has 0 radical (unpaired) electrons. The number of benzene rings is 1. The van der Waals surface area contributed by atoms with Crippen LogP contribution in [-0.2, 0) is 15.6 Å². The Hall–Kier alpha value is -1.97. The summed E-state index contributed by atoms with van der Waals surface area (Å²) >= 11 is -2.14. The van der Waals surface area contributed by atoms with Gasteiger partial charge in [-0.25, -0.2) is 9.00 Å². The fourth-order valence-corrected chi connectivity index (χ4v) is 2.13. The van der Waals surface area contributed by atoms with E-state index < -0.39 is 17.0 Å². The molecule has 1 unspecified atom stereocenters. The van der Waals surface area contributed by atoms with E-state index in [9.17, 15) is 9.00 Å². The standard InChI is InChI=1S/C12H15N3O5S/c1-8-5-6-10(7-9(8)2)18-11-13-19-12(16)15(11)21(17)20-14(3)4/h5-7H,1-4H3. The van der Waals surface area contributed by atoms with Crippen LogP contribution < -0.4 is 10.5 Å². The first-order chi connectivity index (χ1) is 9.88. The van der Waals surface area contributed by atoms with Crippen LogP contribution in [0.3, 0.4) is 0 Å². The third-order valence-corrected chi connectivity index (χ3v) is 3.62. The second-order valence-corrected chi connectivity index (χ2v) is 5.43. The molecule has 0 aliphatic rings. The Bertz CT molecular complexity index is 722. The highest BCUT2D eigenvalue weighted by atomic mass is 32.2. The van der Waals surface area contributed by atoms with E-state index in [0.29, 0.717) is 9.72 Å². The van der Waals surface area contributed by atoms with Crippen molar-refractivity contribution >= 4 is 11.3 Å². The summed E-state index contributed by atoms with van der Waals surface area (Å²) in [6, 6.07) is 5.10. The molecular weight excluding hydrogens is 298 g/mol. The maximum atomic E-state index is 11.9. The van der Waals surface area contributed by atoms with E-state index in [-0.39, 0.29) is 6.01 Å². The zero-order chi connectivity index (χ0) is 15.6. The molecule has 0 spiro atoms. The highest BCUT2D eigenvalue weighted by molar-refractivity contribution is 7.78. The summed E-state index contributed by atoms with van der Waals surface area (Å²) in [5.41, 5.74) is 2.11. The first kappa shape index (κ1) is 15.4. The molecule has 0 aliphatic carbocycles. The van der Waals surface area contributed by atoms with Crippen molar-refractivity contribution in [3.05, 3.63) is 39.9 Å². The minimum Gasteiger partial charge on any atom is -0.423 e. The normalized spacial score (nSPS) is 12.6. The van der Waals surface area contributed by atoms with Crippen LogP contribution in [0.2, 0.25) is 0 Å². The fraction of sp³-hybridized carbons (Fsp3) is 0.333. The van der Waals surface area contributed by atoms with Crippen LogP contribution in [0, 0.1) is 13.8 Å². The van der Waals surface area contributed by atoms with Crippen molar-refractivity contribution in [3.8, 4) is 11.8 Å². The predicted molar refractivity (Wildman–Crippen MR) is 75.1 cm³/mol. The van der Waals surface area contributed by atoms with E-state index in [1.165, 1.54) is 19.2 Å². The van der Waals surface area contributed by atoms with E-state index in [2.05, 4.69) is 9.68 Å². The van der Waals surface area contributed by atoms with Crippen molar-refractivity contribution in [1.29, 1.82) is 0 Å². The molecule has 0 bridgehead atoms. The Kier molecular flexibility index (Phi) is 4.56. The molecule has 1 aromatic carbocycles. The monoisotopic (exact) mass is 313 g/mol. The van der Waals surface area contributed by atoms with Gasteiger partial charge in [0.05, 0.1) is 0 Å². The molecule has 0 saturated carbocycles. The summed E-state index contributed by atoms with van der Waals surface area (Å²) < 4.78 is 27.4. The summed E-state index contributed by atoms with van der Waals surface area (Å²) in [4.78, 5) is 11.5. The van der Waals surface area contributed by atoms with Crippen molar-refractivity contribution in [1.82, 2.24) is 14.2 Å². The molecule has 0 fully saturated rings. The van der Waals surface area contributed by atoms with Gasteiger partial charge in [0.2, 0.25) is 0 Å². The Morgan fingerprint density at radius 2 is 2.00 bits per heavy atom. The number of rotatable bonds is 5. The fourth-order valence-electron chi connectivity index (χ4n) is 1.46. The summed E-state index contributed by atoms with van der Waals surface area (Å²) in [5, 5.41) is 4.64. The number of nitrogens with zero attached hydrogens (tertiary/aromatic N) is 3. The van der Waals surface area contributed by atoms with Gasteiger partial charge >= 0.3 is 11.8 Å². The van der Waals surface area contributed by atoms with E-state index in [1.807, 2.05) is 19.9 Å². The zero-order valence-corrected chi connectivity index (χ0v) is 12.8. The predicted octanol–water partition coefficient (Wildman–Crippen LogP) is 1.17. The minimum absolute atomic E-state index is 0.247. The maximum Gasteiger partial charge on any atom is 0.458 e. The van der Waals surface area contributed by atoms with Crippen LogP contribution in [0.5, 0.6) is 11.8 Å². The van der Waals surface area contributed by atoms with Crippen LogP contribution in [0.4, 0.5) is 0 Å². The lowest BCUT2D eigenvalue weighted by Crippen LogP contribution is -2.25. The van der Waals surface area contributed by atoms with Gasteiger partial charge in [-0.2, -0.15) is 9.35 Å². The molecule has 8 nitrogen and oxygen atoms in total. The number of ether oxygens (including phenoxy) is 1. The summed E-state index contributed by atoms with van der Waals surface area (Å²) in [6.07, 6.45) is 0. The second-order valence-electron chi connectivity index (χ2n) is 4.48. The molecule has 21 heavy (non-hydrogen) atoms. The number of aryl methyl sites for hydroxylation is 2. The Balaban J connectivity index is 2.30. The molecule has 2 rings (SSSR count). The molecule has 1 atom stereocenters. The van der Waals surface area contributed by atoms with E-state index in [1.54, 1.807) is 12.1 Å². The topological polar surface area (TPSA) is 86.8 Å². The van der Waals surface area contributed by atoms with Crippen molar-refractivity contribution in [2.24, 2.45) is 0 Å². The second kappa shape index (κ2) is 6.20. The Labute approximate surface area is 123 Å². The third kappa shape index (κ3) is 3.57. The number of hydroxylamine groups is 2. The Morgan fingerprint density at radius 1 is 1.29 bits per heavy atom. The van der Waals surface area contributed by atoms with E-state index in [0.717, 1.165) is 11.1 Å². The molecule has 9 heteroatoms. The van der Waals surface area contributed by atoms with Crippen molar-refractivity contribution in [2.45, 2.75) is 13.8 Å². The Morgan fingerprint density at radius 3 is 2.62 bits per heavy atom. The first-order valence-corrected chi connectivity index (χ1v) is 7.03. The van der Waals surface area contributed by atoms with Crippen LogP contribution in [0.15, 0.2) is 27.5 Å². The van der Waals surface area contributed by atoms with E-state index >= 15 is 0 Å². The smallest absolute Gasteiger partial charge is 0.423 e. The van der Waals surface area contributed by atoms with Crippen LogP contribution >= 0.6 is 0 Å². The van der Waals surface area contributed by atoms with Gasteiger partial charge in [0, 0.05) is 14.1 Å². The maximum absolute atomic E-state index is 11.9. The first-order valence-electron chi connectivity index (χ1n) is 6.00. The van der Waals surface area contributed by atoms with Crippen LogP contribution in [0.25, 0.3) is 0 Å². The molecule has 114 valence electrons. The van der Waals surface area contributed by atoms with Gasteiger partial charge in [0.15, 0.2) is 0 Å². The average Bonchev–Trinajstić information content (AvgIpc) is 2.74. The zero-order valence-electron chi connectivity index (χ0n) is 12.0. The van der Waals surface area contributed by atoms with Gasteiger partial charge in [0.1, 0.15) is 5.75 Å². The molecular formula is C12H15N3O5S. The van der Waals surface area contributed by atoms with Crippen LogP contribution in [-0.4, -0.2) is 32.5 Å². The molecule has 0 aliphatic heterocycles. The molecule has 1 aromatic heterocycles. The van der Waals surface area contributed by atoms with Crippen molar-refractivity contribution in [2.75, 3.05) is 14.1 Å². The molecule has 2 aromatic rings. The van der Waals surface area contributed by atoms with Gasteiger partial charge < -0.3 is 4.74 Å². The largest absolute Gasteiger partial charge is 0.458 e. The lowest BCUT2D eigenvalue weighted by Gasteiger charge is -2.09. The van der Waals surface area contributed by atoms with Gasteiger partial charge in [-0.3, -0.25) is 4.52 Å². The average molecular weight is 313 g/mol. The van der Waals surface area contributed by atoms with Gasteiger partial charge in [-0.05, 0) is 42.3 Å². The summed E-state index contributed by atoms with van der Waals surface area (Å²) in [6.45, 7) is 3.89. The SMILES string of the molecule is Cc1ccc(Oc2noc(=O)n2S(=O)ON(C)C)cc1C. The van der Waals surface area contributed by atoms with Gasteiger partial charge in [-0.1, -0.05) is 6.07 Å². The summed E-state index contributed by atoms with van der Waals surface area (Å²) in [7, 11) is 3.06. The summed E-state index contributed by atoms with van der Waals surface area (Å²) in [5.74, 6) is -0.490. The molecule has 0 saturated heterocycles. The van der Waals surface area contributed by atoms with Crippen LogP contribution in [0.1, 0.15) is 11.1 Å². The van der Waals surface area contributed by atoms with Crippen molar-refractivity contribution < 1.29 is 17.8 Å². The van der Waals surface area contributed by atoms with Crippen molar-refractivity contribution in [3.63, 3.8) is 0 Å². The molecule has 1 heterocycles. The van der Waals surface area contributed by atoms with Gasteiger partial charge in [0.25, 0.3) is 11.3 Å². The highest BCUT2D eigenvalue weighted by Gasteiger charge is 2.20. The van der Waals surface area contributed by atoms with Gasteiger partial charge in [-0.15, -0.1) is 3.97 Å². The van der Waals surface area contributed by atoms with E-state index in [4.69, 9.17) is 9.02 Å². The minimum atomic E-state index is -2.14.